The molecule has 2 rings (SSSR count). The Kier molecular flexibility index (Phi) is 3.08. The van der Waals surface area contributed by atoms with E-state index in [1.54, 1.807) is 0 Å². The zero-order valence-corrected chi connectivity index (χ0v) is 8.97. The molecule has 2 heteroatoms. The summed E-state index contributed by atoms with van der Waals surface area (Å²) in [5, 5.41) is 8.95. The SMILES string of the molecule is N#CCC1(N2CCCCC2)CCCC1. The smallest absolute Gasteiger partial charge is 0.0641 e. The summed E-state index contributed by atoms with van der Waals surface area (Å²) in [6.45, 7) is 2.48. The van der Waals surface area contributed by atoms with Crippen LogP contribution in [0.5, 0.6) is 0 Å². The lowest BCUT2D eigenvalue weighted by Crippen LogP contribution is -2.48. The summed E-state index contributed by atoms with van der Waals surface area (Å²) in [5.74, 6) is 0. The summed E-state index contributed by atoms with van der Waals surface area (Å²) in [4.78, 5) is 2.62. The van der Waals surface area contributed by atoms with Gasteiger partial charge in [0, 0.05) is 5.54 Å². The molecule has 1 saturated carbocycles. The van der Waals surface area contributed by atoms with Gasteiger partial charge in [-0.1, -0.05) is 19.3 Å². The Morgan fingerprint density at radius 1 is 1.00 bits per heavy atom. The molecule has 78 valence electrons. The van der Waals surface area contributed by atoms with Gasteiger partial charge in [-0.15, -0.1) is 0 Å². The molecule has 1 saturated heterocycles. The molecule has 0 spiro atoms. The minimum absolute atomic E-state index is 0.287. The van der Waals surface area contributed by atoms with Gasteiger partial charge in [0.2, 0.25) is 0 Å². The Bertz CT molecular complexity index is 217. The summed E-state index contributed by atoms with van der Waals surface area (Å²) in [5.41, 5.74) is 0.287. The fourth-order valence-electron chi connectivity index (χ4n) is 3.15. The van der Waals surface area contributed by atoms with Gasteiger partial charge in [-0.25, -0.2) is 0 Å². The first-order valence-electron chi connectivity index (χ1n) is 5.99. The summed E-state index contributed by atoms with van der Waals surface area (Å²) in [7, 11) is 0. The van der Waals surface area contributed by atoms with Gasteiger partial charge in [-0.3, -0.25) is 4.90 Å². The molecular weight excluding hydrogens is 172 g/mol. The average molecular weight is 192 g/mol. The highest BCUT2D eigenvalue weighted by molar-refractivity contribution is 5.01. The number of likely N-dealkylation sites (tertiary alicyclic amines) is 1. The maximum Gasteiger partial charge on any atom is 0.0641 e. The van der Waals surface area contributed by atoms with Crippen molar-refractivity contribution in [3.05, 3.63) is 0 Å². The summed E-state index contributed by atoms with van der Waals surface area (Å²) < 4.78 is 0. The molecule has 1 aliphatic carbocycles. The van der Waals surface area contributed by atoms with Gasteiger partial charge >= 0.3 is 0 Å². The van der Waals surface area contributed by atoms with Crippen molar-refractivity contribution in [2.24, 2.45) is 0 Å². The number of nitriles is 1. The van der Waals surface area contributed by atoms with Crippen molar-refractivity contribution >= 4 is 0 Å². The number of rotatable bonds is 2. The third-order valence-electron chi connectivity index (χ3n) is 3.97. The standard InChI is InChI=1S/C12H20N2/c13-9-8-12(6-2-3-7-12)14-10-4-1-5-11-14/h1-8,10-11H2. The molecule has 0 amide bonds. The summed E-state index contributed by atoms with van der Waals surface area (Å²) in [6, 6.07) is 2.41. The predicted octanol–water partition coefficient (Wildman–Crippen LogP) is 2.70. The molecule has 2 nitrogen and oxygen atoms in total. The Morgan fingerprint density at radius 3 is 2.21 bits per heavy atom. The fraction of sp³-hybridized carbons (Fsp3) is 0.917. The van der Waals surface area contributed by atoms with Gasteiger partial charge < -0.3 is 0 Å². The van der Waals surface area contributed by atoms with E-state index in [9.17, 15) is 0 Å². The second-order valence-corrected chi connectivity index (χ2v) is 4.81. The maximum atomic E-state index is 8.95. The lowest BCUT2D eigenvalue weighted by atomic mass is 9.89. The van der Waals surface area contributed by atoms with Crippen molar-refractivity contribution in [1.29, 1.82) is 5.26 Å². The lowest BCUT2D eigenvalue weighted by molar-refractivity contribution is 0.0741. The third kappa shape index (κ3) is 1.79. The van der Waals surface area contributed by atoms with Gasteiger partial charge in [0.05, 0.1) is 12.5 Å². The van der Waals surface area contributed by atoms with E-state index < -0.39 is 0 Å². The largest absolute Gasteiger partial charge is 0.297 e. The number of hydrogen-bond donors (Lipinski definition) is 0. The van der Waals surface area contributed by atoms with Crippen molar-refractivity contribution in [3.63, 3.8) is 0 Å². The van der Waals surface area contributed by atoms with Crippen LogP contribution >= 0.6 is 0 Å². The minimum Gasteiger partial charge on any atom is -0.297 e. The van der Waals surface area contributed by atoms with Crippen molar-refractivity contribution in [2.75, 3.05) is 13.1 Å². The van der Waals surface area contributed by atoms with E-state index in [1.807, 2.05) is 0 Å². The Labute approximate surface area is 86.9 Å². The molecule has 0 bridgehead atoms. The highest BCUT2D eigenvalue weighted by atomic mass is 15.2. The zero-order chi connectivity index (χ0) is 9.86. The van der Waals surface area contributed by atoms with Gasteiger partial charge in [0.1, 0.15) is 0 Å². The van der Waals surface area contributed by atoms with E-state index >= 15 is 0 Å². The first-order valence-corrected chi connectivity index (χ1v) is 5.99. The third-order valence-corrected chi connectivity index (χ3v) is 3.97. The molecule has 0 unspecified atom stereocenters. The van der Waals surface area contributed by atoms with Gasteiger partial charge in [0.25, 0.3) is 0 Å². The number of hydrogen-bond acceptors (Lipinski definition) is 2. The summed E-state index contributed by atoms with van der Waals surface area (Å²) in [6.07, 6.45) is 10.0. The van der Waals surface area contributed by atoms with Crippen LogP contribution in [0.15, 0.2) is 0 Å². The molecule has 1 aliphatic heterocycles. The van der Waals surface area contributed by atoms with Gasteiger partial charge in [-0.05, 0) is 38.8 Å². The van der Waals surface area contributed by atoms with E-state index in [1.165, 1.54) is 58.0 Å². The highest BCUT2D eigenvalue weighted by Crippen LogP contribution is 2.39. The molecule has 1 heterocycles. The molecule has 0 aromatic rings. The predicted molar refractivity (Wildman–Crippen MR) is 56.9 cm³/mol. The molecule has 0 aromatic carbocycles. The Balaban J connectivity index is 2.05. The molecule has 2 aliphatic rings. The topological polar surface area (TPSA) is 27.0 Å². The molecular formula is C12H20N2. The Hall–Kier alpha value is -0.550. The van der Waals surface area contributed by atoms with Crippen LogP contribution in [0.2, 0.25) is 0 Å². The van der Waals surface area contributed by atoms with E-state index in [4.69, 9.17) is 5.26 Å². The molecule has 14 heavy (non-hydrogen) atoms. The molecule has 2 fully saturated rings. The maximum absolute atomic E-state index is 8.95. The van der Waals surface area contributed by atoms with E-state index in [0.717, 1.165) is 6.42 Å². The van der Waals surface area contributed by atoms with Crippen molar-refractivity contribution in [1.82, 2.24) is 4.90 Å². The van der Waals surface area contributed by atoms with Crippen LogP contribution in [-0.4, -0.2) is 23.5 Å². The van der Waals surface area contributed by atoms with Crippen LogP contribution in [-0.2, 0) is 0 Å². The van der Waals surface area contributed by atoms with Crippen molar-refractivity contribution in [2.45, 2.75) is 56.9 Å². The highest BCUT2D eigenvalue weighted by Gasteiger charge is 2.39. The Morgan fingerprint density at radius 2 is 1.64 bits per heavy atom. The average Bonchev–Trinajstić information content (AvgIpc) is 2.70. The van der Waals surface area contributed by atoms with E-state index in [0.29, 0.717) is 0 Å². The first kappa shape index (κ1) is 9.98. The second kappa shape index (κ2) is 4.31. The monoisotopic (exact) mass is 192 g/mol. The lowest BCUT2D eigenvalue weighted by Gasteiger charge is -2.42. The quantitative estimate of drug-likeness (QED) is 0.672. The molecule has 0 radical (unpaired) electrons. The summed E-state index contributed by atoms with van der Waals surface area (Å²) >= 11 is 0. The van der Waals surface area contributed by atoms with Gasteiger partial charge in [0.15, 0.2) is 0 Å². The van der Waals surface area contributed by atoms with Crippen LogP contribution < -0.4 is 0 Å². The minimum atomic E-state index is 0.287. The van der Waals surface area contributed by atoms with Crippen molar-refractivity contribution in [3.8, 4) is 6.07 Å². The van der Waals surface area contributed by atoms with E-state index in [2.05, 4.69) is 11.0 Å². The normalized spacial score (nSPS) is 27.4. The number of piperidine rings is 1. The van der Waals surface area contributed by atoms with Crippen LogP contribution in [0.25, 0.3) is 0 Å². The van der Waals surface area contributed by atoms with Crippen LogP contribution in [0.4, 0.5) is 0 Å². The van der Waals surface area contributed by atoms with Gasteiger partial charge in [-0.2, -0.15) is 5.26 Å². The van der Waals surface area contributed by atoms with Crippen molar-refractivity contribution < 1.29 is 0 Å². The van der Waals surface area contributed by atoms with Crippen LogP contribution in [0, 0.1) is 11.3 Å². The first-order chi connectivity index (χ1) is 6.87. The molecule has 0 atom stereocenters. The van der Waals surface area contributed by atoms with Crippen LogP contribution in [0.1, 0.15) is 51.4 Å². The fourth-order valence-corrected chi connectivity index (χ4v) is 3.15. The van der Waals surface area contributed by atoms with E-state index in [-0.39, 0.29) is 5.54 Å². The zero-order valence-electron chi connectivity index (χ0n) is 8.97. The number of nitrogens with zero attached hydrogens (tertiary/aromatic N) is 2. The second-order valence-electron chi connectivity index (χ2n) is 4.81. The van der Waals surface area contributed by atoms with Crippen LogP contribution in [0.3, 0.4) is 0 Å². The molecule has 0 N–H and O–H groups in total. The molecule has 0 aromatic heterocycles.